The molecule has 1 fully saturated rings. The van der Waals surface area contributed by atoms with E-state index in [-0.39, 0.29) is 11.5 Å². The van der Waals surface area contributed by atoms with Crippen molar-refractivity contribution in [3.05, 3.63) is 45.9 Å². The molecule has 2 aliphatic rings. The predicted molar refractivity (Wildman–Crippen MR) is 82.8 cm³/mol. The number of hydrogen-bond acceptors (Lipinski definition) is 5. The van der Waals surface area contributed by atoms with Crippen LogP contribution in [-0.4, -0.2) is 36.3 Å². The molecule has 3 heterocycles. The van der Waals surface area contributed by atoms with Gasteiger partial charge >= 0.3 is 0 Å². The lowest BCUT2D eigenvalue weighted by Crippen LogP contribution is -2.39. The minimum atomic E-state index is -0.150. The molecular formula is C16H17N3O3. The lowest BCUT2D eigenvalue weighted by molar-refractivity contribution is 0.146. The third kappa shape index (κ3) is 2.07. The van der Waals surface area contributed by atoms with Gasteiger partial charge in [0.25, 0.3) is 0 Å². The van der Waals surface area contributed by atoms with Gasteiger partial charge in [-0.15, -0.1) is 0 Å². The average Bonchev–Trinajstić information content (AvgIpc) is 2.98. The van der Waals surface area contributed by atoms with Crippen LogP contribution in [0.25, 0.3) is 11.6 Å². The van der Waals surface area contributed by atoms with Gasteiger partial charge < -0.3 is 19.0 Å². The first-order valence-electron chi connectivity index (χ1n) is 7.40. The molecule has 6 nitrogen and oxygen atoms in total. The van der Waals surface area contributed by atoms with E-state index in [9.17, 15) is 4.79 Å². The molecule has 1 saturated heterocycles. The van der Waals surface area contributed by atoms with Gasteiger partial charge in [-0.1, -0.05) is 0 Å². The zero-order chi connectivity index (χ0) is 15.1. The van der Waals surface area contributed by atoms with E-state index in [4.69, 9.17) is 9.15 Å². The highest BCUT2D eigenvalue weighted by Gasteiger charge is 2.27. The molecule has 0 radical (unpaired) electrons. The molecule has 1 atom stereocenters. The van der Waals surface area contributed by atoms with E-state index in [1.54, 1.807) is 19.4 Å². The summed E-state index contributed by atoms with van der Waals surface area (Å²) in [5, 5.41) is 0. The van der Waals surface area contributed by atoms with E-state index in [2.05, 4.69) is 14.9 Å². The summed E-state index contributed by atoms with van der Waals surface area (Å²) in [6.07, 6.45) is 6.53. The van der Waals surface area contributed by atoms with Crippen LogP contribution in [-0.2, 0) is 11.2 Å². The van der Waals surface area contributed by atoms with Crippen molar-refractivity contribution in [3.8, 4) is 0 Å². The molecule has 0 spiro atoms. The summed E-state index contributed by atoms with van der Waals surface area (Å²) in [4.78, 5) is 22.0. The highest BCUT2D eigenvalue weighted by molar-refractivity contribution is 5.84. The Kier molecular flexibility index (Phi) is 3.11. The first-order chi connectivity index (χ1) is 10.8. The van der Waals surface area contributed by atoms with E-state index >= 15 is 0 Å². The van der Waals surface area contributed by atoms with E-state index in [1.807, 2.05) is 6.08 Å². The van der Waals surface area contributed by atoms with Gasteiger partial charge in [0.2, 0.25) is 0 Å². The minimum absolute atomic E-state index is 0.0298. The van der Waals surface area contributed by atoms with Crippen LogP contribution < -0.4 is 10.3 Å². The van der Waals surface area contributed by atoms with Crippen molar-refractivity contribution in [3.63, 3.8) is 0 Å². The number of nitrogens with one attached hydrogen (secondary N) is 1. The molecule has 6 heteroatoms. The van der Waals surface area contributed by atoms with Gasteiger partial charge in [-0.2, -0.15) is 0 Å². The number of H-pyrrole nitrogens is 1. The standard InChI is InChI=1S/C16H17N3O3/c1-21-14-6-12-10(5-11(14)15-8-17-9-22-15)13(20)7-16(18-12)19-3-2-4-19/h5,7-9,14H,2-4,6H2,1H3,(H,18,20). The van der Waals surface area contributed by atoms with Crippen molar-refractivity contribution >= 4 is 17.5 Å². The number of methoxy groups -OCH3 is 1. The second-order valence-corrected chi connectivity index (χ2v) is 5.65. The number of fused-ring (bicyclic) bond motifs is 1. The smallest absolute Gasteiger partial charge is 0.191 e. The SMILES string of the molecule is COC1Cc2[nH]c(N3CCC3)cc(=O)c2C=C1c1cnco1. The Bertz CT molecular complexity index is 772. The maximum absolute atomic E-state index is 12.5. The molecule has 1 N–H and O–H groups in total. The summed E-state index contributed by atoms with van der Waals surface area (Å²) >= 11 is 0. The van der Waals surface area contributed by atoms with E-state index in [1.165, 1.54) is 12.8 Å². The van der Waals surface area contributed by atoms with Gasteiger partial charge in [0, 0.05) is 49.5 Å². The van der Waals surface area contributed by atoms with Crippen molar-refractivity contribution in [2.24, 2.45) is 0 Å². The topological polar surface area (TPSA) is 71.4 Å². The Labute approximate surface area is 127 Å². The molecule has 0 saturated carbocycles. The molecule has 2 aromatic rings. The van der Waals surface area contributed by atoms with Gasteiger partial charge in [0.1, 0.15) is 5.82 Å². The Morgan fingerprint density at radius 3 is 2.95 bits per heavy atom. The number of nitrogens with zero attached hydrogens (tertiary/aromatic N) is 2. The molecule has 1 aliphatic carbocycles. The number of ether oxygens (including phenoxy) is 1. The van der Waals surface area contributed by atoms with Crippen LogP contribution in [0.1, 0.15) is 23.4 Å². The quantitative estimate of drug-likeness (QED) is 0.933. The van der Waals surface area contributed by atoms with Crippen LogP contribution in [0.5, 0.6) is 0 Å². The first kappa shape index (κ1) is 13.3. The second-order valence-electron chi connectivity index (χ2n) is 5.65. The van der Waals surface area contributed by atoms with Crippen molar-refractivity contribution in [2.75, 3.05) is 25.1 Å². The fourth-order valence-corrected chi connectivity index (χ4v) is 3.00. The van der Waals surface area contributed by atoms with Crippen molar-refractivity contribution in [1.29, 1.82) is 0 Å². The third-order valence-corrected chi connectivity index (χ3v) is 4.37. The summed E-state index contributed by atoms with van der Waals surface area (Å²) in [7, 11) is 1.66. The van der Waals surface area contributed by atoms with E-state index < -0.39 is 0 Å². The fourth-order valence-electron chi connectivity index (χ4n) is 3.00. The first-order valence-corrected chi connectivity index (χ1v) is 7.40. The molecule has 114 valence electrons. The largest absolute Gasteiger partial charge is 0.444 e. The predicted octanol–water partition coefficient (Wildman–Crippen LogP) is 1.68. The maximum Gasteiger partial charge on any atom is 0.191 e. The maximum atomic E-state index is 12.5. The Morgan fingerprint density at radius 2 is 2.32 bits per heavy atom. The number of oxazole rings is 1. The molecule has 1 unspecified atom stereocenters. The zero-order valence-electron chi connectivity index (χ0n) is 12.3. The van der Waals surface area contributed by atoms with Crippen LogP contribution in [0.15, 0.2) is 27.9 Å². The molecular weight excluding hydrogens is 282 g/mol. The average molecular weight is 299 g/mol. The van der Waals surface area contributed by atoms with Gasteiger partial charge in [0.15, 0.2) is 17.6 Å². The monoisotopic (exact) mass is 299 g/mol. The number of aromatic amines is 1. The van der Waals surface area contributed by atoms with Crippen LogP contribution >= 0.6 is 0 Å². The van der Waals surface area contributed by atoms with Crippen molar-refractivity contribution < 1.29 is 9.15 Å². The summed E-state index contributed by atoms with van der Waals surface area (Å²) < 4.78 is 10.9. The molecule has 0 amide bonds. The number of aromatic nitrogens is 2. The van der Waals surface area contributed by atoms with E-state index in [0.29, 0.717) is 17.7 Å². The van der Waals surface area contributed by atoms with Gasteiger partial charge in [0.05, 0.1) is 12.3 Å². The Balaban J connectivity index is 1.81. The second kappa shape index (κ2) is 5.14. The molecule has 0 aromatic carbocycles. The number of pyridine rings is 1. The molecule has 1 aliphatic heterocycles. The van der Waals surface area contributed by atoms with Crippen LogP contribution in [0, 0.1) is 0 Å². The number of rotatable bonds is 3. The lowest BCUT2D eigenvalue weighted by atomic mass is 9.92. The van der Waals surface area contributed by atoms with Crippen LogP contribution in [0.4, 0.5) is 5.82 Å². The van der Waals surface area contributed by atoms with Gasteiger partial charge in [-0.3, -0.25) is 4.79 Å². The summed E-state index contributed by atoms with van der Waals surface area (Å²) in [5.41, 5.74) is 2.49. The third-order valence-electron chi connectivity index (χ3n) is 4.37. The van der Waals surface area contributed by atoms with Gasteiger partial charge in [-0.25, -0.2) is 4.98 Å². The van der Waals surface area contributed by atoms with Crippen LogP contribution in [0.3, 0.4) is 0 Å². The van der Waals surface area contributed by atoms with Gasteiger partial charge in [-0.05, 0) is 12.5 Å². The fraction of sp³-hybridized carbons (Fsp3) is 0.375. The van der Waals surface area contributed by atoms with Crippen molar-refractivity contribution in [1.82, 2.24) is 9.97 Å². The molecule has 4 rings (SSSR count). The van der Waals surface area contributed by atoms with Crippen LogP contribution in [0.2, 0.25) is 0 Å². The normalized spacial score (nSPS) is 20.3. The Morgan fingerprint density at radius 1 is 1.45 bits per heavy atom. The Hall–Kier alpha value is -2.34. The zero-order valence-corrected chi connectivity index (χ0v) is 12.3. The molecule has 22 heavy (non-hydrogen) atoms. The summed E-state index contributed by atoms with van der Waals surface area (Å²) in [6.45, 7) is 2.00. The lowest BCUT2D eigenvalue weighted by Gasteiger charge is -2.33. The summed E-state index contributed by atoms with van der Waals surface area (Å²) in [5.74, 6) is 1.55. The highest BCUT2D eigenvalue weighted by atomic mass is 16.5. The summed E-state index contributed by atoms with van der Waals surface area (Å²) in [6, 6.07) is 1.68. The number of anilines is 1. The van der Waals surface area contributed by atoms with Crippen molar-refractivity contribution in [2.45, 2.75) is 18.9 Å². The highest BCUT2D eigenvalue weighted by Crippen LogP contribution is 2.31. The minimum Gasteiger partial charge on any atom is -0.444 e. The molecule has 2 aromatic heterocycles. The number of hydrogen-bond donors (Lipinski definition) is 1. The molecule has 0 bridgehead atoms. The van der Waals surface area contributed by atoms with E-state index in [0.717, 1.165) is 30.2 Å².